The molecule has 0 aromatic heterocycles. The number of carbonyl (C=O) groups is 1. The van der Waals surface area contributed by atoms with Gasteiger partial charge in [-0.2, -0.15) is 0 Å². The van der Waals surface area contributed by atoms with Crippen molar-refractivity contribution in [3.8, 4) is 5.75 Å². The molecule has 0 unspecified atom stereocenters. The Morgan fingerprint density at radius 3 is 2.29 bits per heavy atom. The molecular formula is C12H16O4S. The van der Waals surface area contributed by atoms with Crippen molar-refractivity contribution in [2.45, 2.75) is 13.3 Å². The fourth-order valence-electron chi connectivity index (χ4n) is 1.25. The fourth-order valence-corrected chi connectivity index (χ4v) is 1.64. The molecule has 1 aromatic carbocycles. The van der Waals surface area contributed by atoms with Gasteiger partial charge in [-0.05, 0) is 24.3 Å². The average molecular weight is 256 g/mol. The van der Waals surface area contributed by atoms with E-state index in [4.69, 9.17) is 4.74 Å². The van der Waals surface area contributed by atoms with E-state index in [0.717, 1.165) is 0 Å². The summed E-state index contributed by atoms with van der Waals surface area (Å²) in [5, 5.41) is 0. The fraction of sp³-hybridized carbons (Fsp3) is 0.417. The van der Waals surface area contributed by atoms with Gasteiger partial charge in [-0.1, -0.05) is 6.92 Å². The maximum Gasteiger partial charge on any atom is 0.162 e. The lowest BCUT2D eigenvalue weighted by Gasteiger charge is -2.05. The number of hydrogen-bond donors (Lipinski definition) is 0. The minimum Gasteiger partial charge on any atom is -0.493 e. The van der Waals surface area contributed by atoms with Gasteiger partial charge in [-0.25, -0.2) is 8.42 Å². The summed E-state index contributed by atoms with van der Waals surface area (Å²) in [6, 6.07) is 6.71. The van der Waals surface area contributed by atoms with E-state index in [2.05, 4.69) is 0 Å². The number of ketones is 1. The summed E-state index contributed by atoms with van der Waals surface area (Å²) in [6.45, 7) is 1.93. The first kappa shape index (κ1) is 13.7. The Morgan fingerprint density at radius 1 is 1.24 bits per heavy atom. The molecule has 0 aliphatic heterocycles. The zero-order valence-corrected chi connectivity index (χ0v) is 10.8. The van der Waals surface area contributed by atoms with Crippen LogP contribution in [-0.2, 0) is 9.84 Å². The topological polar surface area (TPSA) is 60.4 Å². The maximum absolute atomic E-state index is 11.4. The molecule has 0 amide bonds. The van der Waals surface area contributed by atoms with Crippen LogP contribution in [0.1, 0.15) is 23.7 Å². The van der Waals surface area contributed by atoms with Crippen molar-refractivity contribution in [2.24, 2.45) is 0 Å². The van der Waals surface area contributed by atoms with Gasteiger partial charge in [0.25, 0.3) is 0 Å². The van der Waals surface area contributed by atoms with Crippen LogP contribution in [0.3, 0.4) is 0 Å². The number of rotatable bonds is 6. The van der Waals surface area contributed by atoms with Crippen molar-refractivity contribution in [2.75, 3.05) is 18.6 Å². The smallest absolute Gasteiger partial charge is 0.162 e. The Balaban J connectivity index is 2.54. The number of sulfone groups is 1. The minimum atomic E-state index is -3.00. The van der Waals surface area contributed by atoms with Gasteiger partial charge >= 0.3 is 0 Å². The summed E-state index contributed by atoms with van der Waals surface area (Å²) in [4.78, 5) is 11.4. The Kier molecular flexibility index (Phi) is 4.69. The Labute approximate surface area is 102 Å². The van der Waals surface area contributed by atoms with E-state index in [1.165, 1.54) is 6.26 Å². The lowest BCUT2D eigenvalue weighted by Crippen LogP contribution is -2.12. The Morgan fingerprint density at radius 2 is 1.82 bits per heavy atom. The first-order valence-electron chi connectivity index (χ1n) is 5.36. The number of ether oxygens (including phenoxy) is 1. The monoisotopic (exact) mass is 256 g/mol. The molecular weight excluding hydrogens is 240 g/mol. The molecule has 0 fully saturated rings. The summed E-state index contributed by atoms with van der Waals surface area (Å²) in [5.74, 6) is 0.636. The highest BCUT2D eigenvalue weighted by Crippen LogP contribution is 2.13. The van der Waals surface area contributed by atoms with Crippen molar-refractivity contribution in [1.29, 1.82) is 0 Å². The predicted molar refractivity (Wildman–Crippen MR) is 66.3 cm³/mol. The first-order valence-corrected chi connectivity index (χ1v) is 7.42. The molecule has 94 valence electrons. The second-order valence-electron chi connectivity index (χ2n) is 3.78. The van der Waals surface area contributed by atoms with Gasteiger partial charge in [0.1, 0.15) is 12.4 Å². The van der Waals surface area contributed by atoms with Gasteiger partial charge in [-0.15, -0.1) is 0 Å². The van der Waals surface area contributed by atoms with Crippen molar-refractivity contribution in [3.05, 3.63) is 29.8 Å². The van der Waals surface area contributed by atoms with Crippen LogP contribution >= 0.6 is 0 Å². The van der Waals surface area contributed by atoms with E-state index >= 15 is 0 Å². The number of Topliss-reactive ketones (excluding diaryl/α,β-unsaturated/α-hetero) is 1. The molecule has 0 saturated carbocycles. The second kappa shape index (κ2) is 5.82. The highest BCUT2D eigenvalue weighted by atomic mass is 32.2. The van der Waals surface area contributed by atoms with Crippen LogP contribution in [0.25, 0.3) is 0 Å². The Hall–Kier alpha value is -1.36. The molecule has 1 rings (SSSR count). The van der Waals surface area contributed by atoms with E-state index in [1.54, 1.807) is 31.2 Å². The van der Waals surface area contributed by atoms with Gasteiger partial charge in [0.15, 0.2) is 15.6 Å². The summed E-state index contributed by atoms with van der Waals surface area (Å²) < 4.78 is 27.0. The van der Waals surface area contributed by atoms with Crippen LogP contribution in [0.15, 0.2) is 24.3 Å². The molecule has 0 radical (unpaired) electrons. The van der Waals surface area contributed by atoms with Crippen molar-refractivity contribution in [1.82, 2.24) is 0 Å². The lowest BCUT2D eigenvalue weighted by molar-refractivity contribution is 0.0988. The zero-order chi connectivity index (χ0) is 12.9. The molecule has 0 spiro atoms. The van der Waals surface area contributed by atoms with Gasteiger partial charge in [0.05, 0.1) is 5.75 Å². The molecule has 0 heterocycles. The van der Waals surface area contributed by atoms with Gasteiger partial charge in [-0.3, -0.25) is 4.79 Å². The number of carbonyl (C=O) groups excluding carboxylic acids is 1. The normalized spacial score (nSPS) is 11.2. The van der Waals surface area contributed by atoms with Crippen LogP contribution in [0, 0.1) is 0 Å². The Bertz CT molecular complexity index is 474. The summed E-state index contributed by atoms with van der Waals surface area (Å²) >= 11 is 0. The molecule has 0 atom stereocenters. The third kappa shape index (κ3) is 4.99. The van der Waals surface area contributed by atoms with Crippen LogP contribution < -0.4 is 4.74 Å². The lowest BCUT2D eigenvalue weighted by atomic mass is 10.1. The summed E-state index contributed by atoms with van der Waals surface area (Å²) in [5.41, 5.74) is 0.642. The molecule has 5 heteroatoms. The van der Waals surface area contributed by atoms with Crippen LogP contribution in [0.5, 0.6) is 5.75 Å². The SMILES string of the molecule is CCC(=O)c1ccc(OCCS(C)(=O)=O)cc1. The minimum absolute atomic E-state index is 0.0113. The van der Waals surface area contributed by atoms with E-state index in [0.29, 0.717) is 17.7 Å². The van der Waals surface area contributed by atoms with Gasteiger partial charge in [0.2, 0.25) is 0 Å². The molecule has 0 aliphatic carbocycles. The van der Waals surface area contributed by atoms with Crippen molar-refractivity contribution >= 4 is 15.6 Å². The van der Waals surface area contributed by atoms with Crippen LogP contribution in [-0.4, -0.2) is 32.8 Å². The van der Waals surface area contributed by atoms with Gasteiger partial charge in [0, 0.05) is 18.2 Å². The standard InChI is InChI=1S/C12H16O4S/c1-3-12(13)10-4-6-11(7-5-10)16-8-9-17(2,14)15/h4-7H,3,8-9H2,1-2H3. The molecule has 4 nitrogen and oxygen atoms in total. The average Bonchev–Trinajstić information content (AvgIpc) is 2.27. The molecule has 0 N–H and O–H groups in total. The van der Waals surface area contributed by atoms with Crippen molar-refractivity contribution in [3.63, 3.8) is 0 Å². The maximum atomic E-state index is 11.4. The van der Waals surface area contributed by atoms with E-state index in [1.807, 2.05) is 0 Å². The summed E-state index contributed by atoms with van der Waals surface area (Å²) in [7, 11) is -3.00. The highest BCUT2D eigenvalue weighted by molar-refractivity contribution is 7.90. The number of hydrogen-bond acceptors (Lipinski definition) is 4. The van der Waals surface area contributed by atoms with E-state index in [-0.39, 0.29) is 18.1 Å². The first-order chi connectivity index (χ1) is 7.92. The third-order valence-corrected chi connectivity index (χ3v) is 3.13. The van der Waals surface area contributed by atoms with E-state index < -0.39 is 9.84 Å². The van der Waals surface area contributed by atoms with E-state index in [9.17, 15) is 13.2 Å². The van der Waals surface area contributed by atoms with Crippen LogP contribution in [0.2, 0.25) is 0 Å². The molecule has 0 aliphatic rings. The molecule has 0 bridgehead atoms. The molecule has 0 saturated heterocycles. The zero-order valence-electron chi connectivity index (χ0n) is 9.97. The van der Waals surface area contributed by atoms with Crippen molar-refractivity contribution < 1.29 is 17.9 Å². The predicted octanol–water partition coefficient (Wildman–Crippen LogP) is 1.70. The number of benzene rings is 1. The third-order valence-electron chi connectivity index (χ3n) is 2.22. The largest absolute Gasteiger partial charge is 0.493 e. The summed E-state index contributed by atoms with van der Waals surface area (Å²) in [6.07, 6.45) is 1.63. The quantitative estimate of drug-likeness (QED) is 0.727. The molecule has 17 heavy (non-hydrogen) atoms. The van der Waals surface area contributed by atoms with Gasteiger partial charge < -0.3 is 4.74 Å². The molecule has 1 aromatic rings. The highest BCUT2D eigenvalue weighted by Gasteiger charge is 2.04. The second-order valence-corrected chi connectivity index (χ2v) is 6.04. The van der Waals surface area contributed by atoms with Crippen LogP contribution in [0.4, 0.5) is 0 Å².